The molecule has 2 aliphatic rings. The number of esters is 1. The van der Waals surface area contributed by atoms with E-state index in [4.69, 9.17) is 4.74 Å². The number of likely N-dealkylation sites (tertiary alicyclic amines) is 1. The van der Waals surface area contributed by atoms with E-state index >= 15 is 0 Å². The highest BCUT2D eigenvalue weighted by Crippen LogP contribution is 2.65. The maximum Gasteiger partial charge on any atom is 0.329 e. The minimum atomic E-state index is -1.04. The van der Waals surface area contributed by atoms with Crippen molar-refractivity contribution in [1.82, 2.24) is 26.2 Å². The maximum absolute atomic E-state index is 14.2. The fourth-order valence-corrected chi connectivity index (χ4v) is 6.09. The smallest absolute Gasteiger partial charge is 0.329 e. The Morgan fingerprint density at radius 3 is 2.16 bits per heavy atom. The minimum absolute atomic E-state index is 0.0588. The number of nitrogens with zero attached hydrogens (tertiary/aromatic N) is 1. The van der Waals surface area contributed by atoms with Crippen molar-refractivity contribution < 1.29 is 33.5 Å². The third kappa shape index (κ3) is 9.29. The van der Waals surface area contributed by atoms with Crippen molar-refractivity contribution in [3.8, 4) is 0 Å². The van der Waals surface area contributed by atoms with E-state index in [1.165, 1.54) is 11.0 Å². The van der Waals surface area contributed by atoms with Gasteiger partial charge in [0.1, 0.15) is 18.1 Å². The van der Waals surface area contributed by atoms with E-state index in [1.807, 2.05) is 20.8 Å². The summed E-state index contributed by atoms with van der Waals surface area (Å²) in [5.41, 5.74) is -0.960. The van der Waals surface area contributed by atoms with Crippen molar-refractivity contribution in [2.45, 2.75) is 119 Å². The SMILES string of the molecule is C=CCNC(=O)C(=O)C(CCCC)NC(=O)[C@@H]1[C@@H]2[C@H](CN1C(=O)[C@@H](NC(=O)N[C@H](C(=O)OC(C)C)C(C)C)C(C)(C)C)C2(C)C. The Kier molecular flexibility index (Phi) is 12.8. The van der Waals surface area contributed by atoms with Gasteiger partial charge in [-0.15, -0.1) is 6.58 Å². The van der Waals surface area contributed by atoms with Crippen molar-refractivity contribution in [1.29, 1.82) is 0 Å². The van der Waals surface area contributed by atoms with E-state index in [9.17, 15) is 28.8 Å². The quantitative estimate of drug-likeness (QED) is 0.122. The van der Waals surface area contributed by atoms with Crippen molar-refractivity contribution >= 4 is 35.5 Å². The highest BCUT2D eigenvalue weighted by atomic mass is 16.5. The Hall–Kier alpha value is -3.44. The van der Waals surface area contributed by atoms with Crippen LogP contribution in [-0.4, -0.2) is 83.8 Å². The van der Waals surface area contributed by atoms with Crippen LogP contribution in [0.3, 0.4) is 0 Å². The first-order valence-corrected chi connectivity index (χ1v) is 16.1. The van der Waals surface area contributed by atoms with Crippen LogP contribution in [0.1, 0.15) is 88.5 Å². The lowest BCUT2D eigenvalue weighted by molar-refractivity contribution is -0.150. The maximum atomic E-state index is 14.2. The standard InChI is InChI=1S/C33H55N5O7/c1-12-14-15-21(25(39)28(41)34-16-13-2)35-27(40)24-22-20(33(22,10)11)17-38(24)29(42)26(32(7,8)9)37-31(44)36-23(18(3)4)30(43)45-19(5)6/h13,18-24,26H,2,12,14-17H2,1,3-11H3,(H,34,41)(H,35,40)(H2,36,37,44)/t20-,21?,22-,23-,24-,26+/m0/s1. The number of hydrogen-bond donors (Lipinski definition) is 4. The first-order chi connectivity index (χ1) is 20.8. The molecule has 12 heteroatoms. The Morgan fingerprint density at radius 1 is 1.02 bits per heavy atom. The number of carbonyl (C=O) groups is 6. The van der Waals surface area contributed by atoms with E-state index in [0.29, 0.717) is 13.0 Å². The molecule has 0 aromatic carbocycles. The molecule has 1 unspecified atom stereocenters. The third-order valence-corrected chi connectivity index (χ3v) is 8.82. The molecule has 0 bridgehead atoms. The van der Waals surface area contributed by atoms with Crippen molar-refractivity contribution in [2.24, 2.45) is 28.6 Å². The number of unbranched alkanes of at least 4 members (excludes halogenated alkanes) is 1. The molecule has 1 aliphatic heterocycles. The van der Waals surface area contributed by atoms with Gasteiger partial charge < -0.3 is 30.9 Å². The molecule has 1 aliphatic carbocycles. The number of fused-ring (bicyclic) bond motifs is 1. The van der Waals surface area contributed by atoms with Gasteiger partial charge >= 0.3 is 12.0 Å². The van der Waals surface area contributed by atoms with Crippen LogP contribution in [0.2, 0.25) is 0 Å². The number of amides is 5. The molecule has 2 rings (SSSR count). The minimum Gasteiger partial charge on any atom is -0.461 e. The fraction of sp³-hybridized carbons (Fsp3) is 0.758. The molecule has 1 heterocycles. The van der Waals surface area contributed by atoms with Gasteiger partial charge in [0.05, 0.1) is 12.1 Å². The summed E-state index contributed by atoms with van der Waals surface area (Å²) < 4.78 is 5.30. The number of rotatable bonds is 15. The zero-order valence-electron chi connectivity index (χ0n) is 28.7. The van der Waals surface area contributed by atoms with E-state index in [-0.39, 0.29) is 42.2 Å². The van der Waals surface area contributed by atoms with Gasteiger partial charge in [-0.25, -0.2) is 9.59 Å². The van der Waals surface area contributed by atoms with Crippen LogP contribution in [0, 0.1) is 28.6 Å². The van der Waals surface area contributed by atoms with Crippen LogP contribution in [0.4, 0.5) is 4.79 Å². The number of urea groups is 1. The predicted octanol–water partition coefficient (Wildman–Crippen LogP) is 2.71. The fourth-order valence-electron chi connectivity index (χ4n) is 6.09. The molecule has 6 atom stereocenters. The molecule has 4 N–H and O–H groups in total. The number of piperidine rings is 1. The highest BCUT2D eigenvalue weighted by molar-refractivity contribution is 6.38. The van der Waals surface area contributed by atoms with E-state index in [1.54, 1.807) is 48.5 Å². The summed E-state index contributed by atoms with van der Waals surface area (Å²) in [5.74, 6) is -3.42. The average Bonchev–Trinajstić information content (AvgIpc) is 3.25. The summed E-state index contributed by atoms with van der Waals surface area (Å²) in [4.78, 5) is 81.0. The summed E-state index contributed by atoms with van der Waals surface area (Å²) >= 11 is 0. The van der Waals surface area contributed by atoms with Gasteiger partial charge in [-0.1, -0.05) is 74.3 Å². The average molecular weight is 634 g/mol. The van der Waals surface area contributed by atoms with Gasteiger partial charge in [0.2, 0.25) is 17.6 Å². The molecule has 1 saturated heterocycles. The second-order valence-corrected chi connectivity index (χ2v) is 14.6. The molecule has 12 nitrogen and oxygen atoms in total. The lowest BCUT2D eigenvalue weighted by Gasteiger charge is -2.38. The van der Waals surface area contributed by atoms with Gasteiger partial charge in [-0.2, -0.15) is 0 Å². The van der Waals surface area contributed by atoms with Gasteiger partial charge in [0, 0.05) is 13.1 Å². The molecule has 5 amide bonds. The summed E-state index contributed by atoms with van der Waals surface area (Å²) in [6.07, 6.45) is 2.75. The summed E-state index contributed by atoms with van der Waals surface area (Å²) in [7, 11) is 0. The molecule has 2 fully saturated rings. The molecule has 0 spiro atoms. The number of Topliss-reactive ketones (excluding diaryl/α,β-unsaturated/α-hetero) is 1. The molecular weight excluding hydrogens is 578 g/mol. The van der Waals surface area contributed by atoms with E-state index in [2.05, 4.69) is 27.8 Å². The van der Waals surface area contributed by atoms with Crippen LogP contribution in [-0.2, 0) is 28.7 Å². The van der Waals surface area contributed by atoms with Crippen molar-refractivity contribution in [3.63, 3.8) is 0 Å². The second kappa shape index (κ2) is 15.2. The summed E-state index contributed by atoms with van der Waals surface area (Å²) in [6.45, 7) is 22.4. The molecule has 0 aromatic heterocycles. The number of ether oxygens (including phenoxy) is 1. The molecule has 0 aromatic rings. The largest absolute Gasteiger partial charge is 0.461 e. The Bertz CT molecular complexity index is 1140. The van der Waals surface area contributed by atoms with Crippen LogP contribution in [0.25, 0.3) is 0 Å². The Balaban J connectivity index is 2.32. The zero-order valence-corrected chi connectivity index (χ0v) is 28.7. The summed E-state index contributed by atoms with van der Waals surface area (Å²) in [6, 6.07) is -4.59. The topological polar surface area (TPSA) is 163 Å². The number of ketones is 1. The van der Waals surface area contributed by atoms with E-state index < -0.39 is 65.1 Å². The zero-order chi connectivity index (χ0) is 34.4. The molecule has 0 radical (unpaired) electrons. The van der Waals surface area contributed by atoms with Gasteiger partial charge in [-0.3, -0.25) is 19.2 Å². The normalized spacial score (nSPS) is 22.0. The molecule has 254 valence electrons. The number of nitrogens with one attached hydrogen (secondary N) is 4. The van der Waals surface area contributed by atoms with Gasteiger partial charge in [-0.05, 0) is 48.9 Å². The first kappa shape index (κ1) is 37.7. The summed E-state index contributed by atoms with van der Waals surface area (Å²) in [5, 5.41) is 10.7. The van der Waals surface area contributed by atoms with Crippen LogP contribution in [0.5, 0.6) is 0 Å². The Morgan fingerprint density at radius 2 is 1.64 bits per heavy atom. The molecule has 45 heavy (non-hydrogen) atoms. The van der Waals surface area contributed by atoms with Crippen LogP contribution < -0.4 is 21.3 Å². The highest BCUT2D eigenvalue weighted by Gasteiger charge is 2.70. The van der Waals surface area contributed by atoms with Crippen molar-refractivity contribution in [3.05, 3.63) is 12.7 Å². The lowest BCUT2D eigenvalue weighted by atomic mass is 9.85. The van der Waals surface area contributed by atoms with Crippen LogP contribution >= 0.6 is 0 Å². The lowest BCUT2D eigenvalue weighted by Crippen LogP contribution is -2.62. The first-order valence-electron chi connectivity index (χ1n) is 16.1. The van der Waals surface area contributed by atoms with Gasteiger partial charge in [0.15, 0.2) is 0 Å². The predicted molar refractivity (Wildman–Crippen MR) is 171 cm³/mol. The van der Waals surface area contributed by atoms with Crippen molar-refractivity contribution in [2.75, 3.05) is 13.1 Å². The third-order valence-electron chi connectivity index (χ3n) is 8.82. The number of hydrogen-bond acceptors (Lipinski definition) is 7. The second-order valence-electron chi connectivity index (χ2n) is 14.6. The van der Waals surface area contributed by atoms with Crippen LogP contribution in [0.15, 0.2) is 12.7 Å². The number of carbonyl (C=O) groups excluding carboxylic acids is 6. The molecule has 1 saturated carbocycles. The monoisotopic (exact) mass is 633 g/mol. The van der Waals surface area contributed by atoms with Gasteiger partial charge in [0.25, 0.3) is 5.91 Å². The Labute approximate surface area is 268 Å². The van der Waals surface area contributed by atoms with E-state index in [0.717, 1.165) is 6.42 Å². The molecular formula is C33H55N5O7.